The number of carboxylic acids is 1. The molecular weight excluding hydrogens is 236 g/mol. The Morgan fingerprint density at radius 2 is 2.00 bits per heavy atom. The lowest BCUT2D eigenvalue weighted by atomic mass is 10.0. The summed E-state index contributed by atoms with van der Waals surface area (Å²) < 4.78 is 0. The number of amides is 2. The van der Waals surface area contributed by atoms with Crippen LogP contribution in [-0.2, 0) is 14.4 Å². The molecule has 2 aliphatic rings. The molecular formula is C12H18N2O4. The summed E-state index contributed by atoms with van der Waals surface area (Å²) in [6.07, 6.45) is 2.17. The number of hydrogen-bond donors (Lipinski definition) is 2. The van der Waals surface area contributed by atoms with Crippen LogP contribution in [0.15, 0.2) is 0 Å². The number of carboxylic acid groups (broad SMARTS) is 1. The van der Waals surface area contributed by atoms with E-state index in [0.717, 1.165) is 12.8 Å². The van der Waals surface area contributed by atoms with Gasteiger partial charge in [-0.1, -0.05) is 0 Å². The summed E-state index contributed by atoms with van der Waals surface area (Å²) in [5, 5.41) is 11.6. The summed E-state index contributed by atoms with van der Waals surface area (Å²) in [4.78, 5) is 35.5. The zero-order chi connectivity index (χ0) is 13.3. The molecule has 1 saturated heterocycles. The van der Waals surface area contributed by atoms with Gasteiger partial charge in [-0.2, -0.15) is 0 Å². The van der Waals surface area contributed by atoms with E-state index in [2.05, 4.69) is 5.32 Å². The van der Waals surface area contributed by atoms with Crippen molar-refractivity contribution < 1.29 is 19.5 Å². The molecule has 1 saturated carbocycles. The van der Waals surface area contributed by atoms with E-state index in [9.17, 15) is 14.4 Å². The molecule has 0 aromatic rings. The summed E-state index contributed by atoms with van der Waals surface area (Å²) in [5.74, 6) is -1.90. The highest BCUT2D eigenvalue weighted by molar-refractivity contribution is 5.89. The molecule has 1 aliphatic heterocycles. The fraction of sp³-hybridized carbons (Fsp3) is 0.750. The quantitative estimate of drug-likeness (QED) is 0.732. The molecule has 0 aromatic carbocycles. The number of nitrogens with one attached hydrogen (secondary N) is 1. The normalized spacial score (nSPS) is 30.7. The van der Waals surface area contributed by atoms with E-state index in [1.165, 1.54) is 6.92 Å². The van der Waals surface area contributed by atoms with Crippen LogP contribution in [0.1, 0.15) is 26.2 Å². The van der Waals surface area contributed by atoms with Crippen molar-refractivity contribution in [3.63, 3.8) is 0 Å². The van der Waals surface area contributed by atoms with Crippen LogP contribution in [0.5, 0.6) is 0 Å². The third-order valence-corrected chi connectivity index (χ3v) is 3.57. The first kappa shape index (κ1) is 12.9. The van der Waals surface area contributed by atoms with Crippen molar-refractivity contribution in [3.8, 4) is 0 Å². The van der Waals surface area contributed by atoms with Gasteiger partial charge in [0.1, 0.15) is 0 Å². The molecule has 0 aromatic heterocycles. The highest BCUT2D eigenvalue weighted by atomic mass is 16.4. The van der Waals surface area contributed by atoms with Crippen molar-refractivity contribution >= 4 is 17.8 Å². The van der Waals surface area contributed by atoms with Gasteiger partial charge in [-0.15, -0.1) is 0 Å². The van der Waals surface area contributed by atoms with Crippen molar-refractivity contribution in [1.29, 1.82) is 0 Å². The number of rotatable bonds is 3. The Morgan fingerprint density at radius 1 is 1.28 bits per heavy atom. The molecule has 3 atom stereocenters. The Morgan fingerprint density at radius 3 is 2.56 bits per heavy atom. The van der Waals surface area contributed by atoms with E-state index < -0.39 is 11.9 Å². The van der Waals surface area contributed by atoms with Gasteiger partial charge in [0.25, 0.3) is 0 Å². The van der Waals surface area contributed by atoms with Gasteiger partial charge in [0.15, 0.2) is 0 Å². The Bertz CT molecular complexity index is 382. The van der Waals surface area contributed by atoms with E-state index in [1.54, 1.807) is 4.90 Å². The average Bonchev–Trinajstić information content (AvgIpc) is 3.07. The van der Waals surface area contributed by atoms with Crippen molar-refractivity contribution in [1.82, 2.24) is 10.2 Å². The second kappa shape index (κ2) is 4.96. The van der Waals surface area contributed by atoms with Crippen molar-refractivity contribution in [2.24, 2.45) is 11.8 Å². The number of piperidine rings is 1. The van der Waals surface area contributed by atoms with Gasteiger partial charge in [-0.25, -0.2) is 0 Å². The minimum Gasteiger partial charge on any atom is -0.481 e. The Balaban J connectivity index is 1.87. The molecule has 3 unspecified atom stereocenters. The highest BCUT2D eigenvalue weighted by Crippen LogP contribution is 2.40. The third kappa shape index (κ3) is 2.80. The van der Waals surface area contributed by atoms with Crippen molar-refractivity contribution in [2.75, 3.05) is 13.1 Å². The van der Waals surface area contributed by atoms with E-state index >= 15 is 0 Å². The zero-order valence-electron chi connectivity index (χ0n) is 10.4. The predicted molar refractivity (Wildman–Crippen MR) is 62.7 cm³/mol. The van der Waals surface area contributed by atoms with Gasteiger partial charge in [-0.05, 0) is 19.3 Å². The largest absolute Gasteiger partial charge is 0.481 e. The lowest BCUT2D eigenvalue weighted by molar-refractivity contribution is -0.142. The summed E-state index contributed by atoms with van der Waals surface area (Å²) >= 11 is 0. The van der Waals surface area contributed by atoms with Gasteiger partial charge >= 0.3 is 5.97 Å². The Labute approximate surface area is 105 Å². The monoisotopic (exact) mass is 254 g/mol. The molecule has 6 nitrogen and oxygen atoms in total. The summed E-state index contributed by atoms with van der Waals surface area (Å²) in [7, 11) is 0. The lowest BCUT2D eigenvalue weighted by Crippen LogP contribution is -2.49. The zero-order valence-corrected chi connectivity index (χ0v) is 10.4. The van der Waals surface area contributed by atoms with Gasteiger partial charge in [0, 0.05) is 26.1 Å². The standard InChI is InChI=1S/C12H18N2O4/c1-7(15)13-8-3-2-4-14(6-8)11(16)9-5-10(9)12(17)18/h8-10H,2-6H2,1H3,(H,13,15)(H,17,18). The van der Waals surface area contributed by atoms with Crippen LogP contribution < -0.4 is 5.32 Å². The summed E-state index contributed by atoms with van der Waals surface area (Å²) in [6.45, 7) is 2.63. The topological polar surface area (TPSA) is 86.7 Å². The molecule has 2 amide bonds. The van der Waals surface area contributed by atoms with Gasteiger partial charge in [0.2, 0.25) is 11.8 Å². The molecule has 0 spiro atoms. The first-order valence-electron chi connectivity index (χ1n) is 6.27. The SMILES string of the molecule is CC(=O)NC1CCCN(C(=O)C2CC2C(=O)O)C1. The lowest BCUT2D eigenvalue weighted by Gasteiger charge is -2.33. The van der Waals surface area contributed by atoms with Gasteiger partial charge < -0.3 is 15.3 Å². The van der Waals surface area contributed by atoms with Gasteiger partial charge in [0.05, 0.1) is 11.8 Å². The van der Waals surface area contributed by atoms with Crippen LogP contribution in [0.2, 0.25) is 0 Å². The maximum absolute atomic E-state index is 12.1. The molecule has 2 N–H and O–H groups in total. The molecule has 2 rings (SSSR count). The smallest absolute Gasteiger partial charge is 0.307 e. The van der Waals surface area contributed by atoms with Gasteiger partial charge in [-0.3, -0.25) is 14.4 Å². The van der Waals surface area contributed by atoms with E-state index in [4.69, 9.17) is 5.11 Å². The molecule has 0 radical (unpaired) electrons. The molecule has 18 heavy (non-hydrogen) atoms. The number of carbonyl (C=O) groups is 3. The number of likely N-dealkylation sites (tertiary alicyclic amines) is 1. The maximum Gasteiger partial charge on any atom is 0.307 e. The van der Waals surface area contributed by atoms with Crippen LogP contribution in [0, 0.1) is 11.8 Å². The molecule has 2 fully saturated rings. The summed E-state index contributed by atoms with van der Waals surface area (Å²) in [6, 6.07) is 0.00206. The van der Waals surface area contributed by atoms with E-state index in [0.29, 0.717) is 19.5 Å². The minimum absolute atomic E-state index is 0.00206. The first-order valence-corrected chi connectivity index (χ1v) is 6.27. The van der Waals surface area contributed by atoms with E-state index in [-0.39, 0.29) is 23.8 Å². The average molecular weight is 254 g/mol. The van der Waals surface area contributed by atoms with Crippen LogP contribution >= 0.6 is 0 Å². The Kier molecular flexibility index (Phi) is 3.54. The fourth-order valence-corrected chi connectivity index (χ4v) is 2.56. The Hall–Kier alpha value is -1.59. The van der Waals surface area contributed by atoms with Crippen LogP contribution in [-0.4, -0.2) is 46.9 Å². The number of aliphatic carboxylic acids is 1. The highest BCUT2D eigenvalue weighted by Gasteiger charge is 2.50. The fourth-order valence-electron chi connectivity index (χ4n) is 2.56. The van der Waals surface area contributed by atoms with Crippen molar-refractivity contribution in [3.05, 3.63) is 0 Å². The summed E-state index contributed by atoms with van der Waals surface area (Å²) in [5.41, 5.74) is 0. The molecule has 1 aliphatic carbocycles. The second-order valence-corrected chi connectivity index (χ2v) is 5.11. The maximum atomic E-state index is 12.1. The van der Waals surface area contributed by atoms with Crippen LogP contribution in [0.25, 0.3) is 0 Å². The second-order valence-electron chi connectivity index (χ2n) is 5.11. The van der Waals surface area contributed by atoms with Crippen LogP contribution in [0.3, 0.4) is 0 Å². The minimum atomic E-state index is -0.885. The van der Waals surface area contributed by atoms with Crippen LogP contribution in [0.4, 0.5) is 0 Å². The number of carbonyl (C=O) groups excluding carboxylic acids is 2. The molecule has 6 heteroatoms. The predicted octanol–water partition coefficient (Wildman–Crippen LogP) is -0.166. The number of nitrogens with zero attached hydrogens (tertiary/aromatic N) is 1. The van der Waals surface area contributed by atoms with E-state index in [1.807, 2.05) is 0 Å². The third-order valence-electron chi connectivity index (χ3n) is 3.57. The molecule has 0 bridgehead atoms. The first-order chi connectivity index (χ1) is 8.49. The molecule has 100 valence electrons. The van der Waals surface area contributed by atoms with Crippen molar-refractivity contribution in [2.45, 2.75) is 32.2 Å². The number of hydrogen-bond acceptors (Lipinski definition) is 3. The molecule has 1 heterocycles.